The van der Waals surface area contributed by atoms with Crippen LogP contribution in [0.3, 0.4) is 0 Å². The lowest BCUT2D eigenvalue weighted by Crippen LogP contribution is -2.10. The monoisotopic (exact) mass is 685 g/mol. The third-order valence-electron chi connectivity index (χ3n) is 10.4. The number of hydrogen-bond acceptors (Lipinski definition) is 3. The van der Waals surface area contributed by atoms with Crippen molar-refractivity contribution < 1.29 is 0 Å². The fraction of sp³-hybridized carbons (Fsp3) is 0.0833. The van der Waals surface area contributed by atoms with Gasteiger partial charge < -0.3 is 4.57 Å². The molecule has 0 radical (unpaired) electrons. The van der Waals surface area contributed by atoms with Gasteiger partial charge in [-0.25, -0.2) is 9.97 Å². The number of nitrogens with zero attached hydrogens (tertiary/aromatic N) is 3. The highest BCUT2D eigenvalue weighted by molar-refractivity contribution is 7.27. The Labute approximate surface area is 306 Å². The molecule has 0 fully saturated rings. The zero-order valence-electron chi connectivity index (χ0n) is 29.3. The lowest BCUT2D eigenvalue weighted by atomic mass is 9.86. The first-order valence-corrected chi connectivity index (χ1v) is 18.7. The quantitative estimate of drug-likeness (QED) is 0.185. The van der Waals surface area contributed by atoms with Gasteiger partial charge in [0.05, 0.1) is 22.4 Å². The summed E-state index contributed by atoms with van der Waals surface area (Å²) in [7, 11) is 0. The Hall–Kier alpha value is -6.10. The van der Waals surface area contributed by atoms with Crippen molar-refractivity contribution in [2.45, 2.75) is 26.2 Å². The number of rotatable bonds is 4. The van der Waals surface area contributed by atoms with Crippen LogP contribution >= 0.6 is 11.3 Å². The first-order valence-electron chi connectivity index (χ1n) is 17.8. The van der Waals surface area contributed by atoms with Gasteiger partial charge >= 0.3 is 0 Å². The van der Waals surface area contributed by atoms with Crippen LogP contribution < -0.4 is 0 Å². The highest BCUT2D eigenvalue weighted by Gasteiger charge is 2.22. The smallest absolute Gasteiger partial charge is 0.160 e. The highest BCUT2D eigenvalue weighted by Crippen LogP contribution is 2.48. The molecule has 0 N–H and O–H groups in total. The third-order valence-corrected chi connectivity index (χ3v) is 11.6. The summed E-state index contributed by atoms with van der Waals surface area (Å²) < 4.78 is 5.09. The molecule has 0 atom stereocenters. The van der Waals surface area contributed by atoms with Crippen LogP contribution in [0.25, 0.3) is 92.3 Å². The topological polar surface area (TPSA) is 30.7 Å². The van der Waals surface area contributed by atoms with Crippen LogP contribution in [0.15, 0.2) is 158 Å². The number of benzene rings is 7. The molecule has 3 aromatic heterocycles. The maximum absolute atomic E-state index is 5.24. The molecule has 0 unspecified atom stereocenters. The van der Waals surface area contributed by atoms with Crippen LogP contribution in [0.4, 0.5) is 0 Å². The van der Waals surface area contributed by atoms with Crippen molar-refractivity contribution >= 4 is 64.1 Å². The largest absolute Gasteiger partial charge is 0.309 e. The Morgan fingerprint density at radius 3 is 1.87 bits per heavy atom. The fourth-order valence-corrected chi connectivity index (χ4v) is 9.04. The lowest BCUT2D eigenvalue weighted by Gasteiger charge is -2.19. The van der Waals surface area contributed by atoms with E-state index in [0.717, 1.165) is 33.8 Å². The summed E-state index contributed by atoms with van der Waals surface area (Å²) in [5.41, 5.74) is 9.80. The van der Waals surface area contributed by atoms with Gasteiger partial charge in [0.2, 0.25) is 0 Å². The SMILES string of the molecule is CC(C)(C)c1ccc(-c2cc(-c3ccccc3)nc(-c3cccc(-n4c5ccccc5c5c6ccccc6c6sc7ccccc7c6c54)c3)n2)cc1. The van der Waals surface area contributed by atoms with Crippen molar-refractivity contribution in [1.82, 2.24) is 14.5 Å². The van der Waals surface area contributed by atoms with Crippen molar-refractivity contribution in [2.75, 3.05) is 0 Å². The summed E-state index contributed by atoms with van der Waals surface area (Å²) in [6.07, 6.45) is 0. The Morgan fingerprint density at radius 1 is 0.500 bits per heavy atom. The Bertz CT molecular complexity index is 2980. The van der Waals surface area contributed by atoms with E-state index in [1.54, 1.807) is 0 Å². The second-order valence-electron chi connectivity index (χ2n) is 14.6. The molecular weight excluding hydrogens is 651 g/mol. The number of thiophene rings is 1. The molecule has 0 bridgehead atoms. The van der Waals surface area contributed by atoms with Gasteiger partial charge in [-0.3, -0.25) is 0 Å². The average molecular weight is 686 g/mol. The molecule has 248 valence electrons. The van der Waals surface area contributed by atoms with E-state index in [4.69, 9.17) is 9.97 Å². The van der Waals surface area contributed by atoms with Crippen molar-refractivity contribution in [3.05, 3.63) is 163 Å². The van der Waals surface area contributed by atoms with E-state index in [-0.39, 0.29) is 5.41 Å². The molecule has 3 heterocycles. The normalized spacial score (nSPS) is 12.1. The molecular formula is C48H35N3S. The van der Waals surface area contributed by atoms with E-state index in [9.17, 15) is 0 Å². The van der Waals surface area contributed by atoms with Crippen LogP contribution in [0.5, 0.6) is 0 Å². The molecule has 0 spiro atoms. The van der Waals surface area contributed by atoms with Crippen molar-refractivity contribution in [3.63, 3.8) is 0 Å². The van der Waals surface area contributed by atoms with Crippen molar-refractivity contribution in [1.29, 1.82) is 0 Å². The van der Waals surface area contributed by atoms with Crippen molar-refractivity contribution in [3.8, 4) is 39.6 Å². The lowest BCUT2D eigenvalue weighted by molar-refractivity contribution is 0.590. The van der Waals surface area contributed by atoms with Gasteiger partial charge in [0, 0.05) is 58.7 Å². The zero-order chi connectivity index (χ0) is 35.0. The number of aromatic nitrogens is 3. The maximum Gasteiger partial charge on any atom is 0.160 e. The Kier molecular flexibility index (Phi) is 6.92. The van der Waals surface area contributed by atoms with Crippen molar-refractivity contribution in [2.24, 2.45) is 0 Å². The molecule has 3 nitrogen and oxygen atoms in total. The van der Waals surface area contributed by atoms with Gasteiger partial charge in [-0.2, -0.15) is 0 Å². The second-order valence-corrected chi connectivity index (χ2v) is 15.7. The summed E-state index contributed by atoms with van der Waals surface area (Å²) >= 11 is 1.89. The molecule has 4 heteroatoms. The van der Waals surface area contributed by atoms with Gasteiger partial charge in [-0.05, 0) is 46.7 Å². The fourth-order valence-electron chi connectivity index (χ4n) is 7.79. The van der Waals surface area contributed by atoms with Gasteiger partial charge in [0.1, 0.15) is 0 Å². The molecule has 0 aliphatic carbocycles. The predicted octanol–water partition coefficient (Wildman–Crippen LogP) is 13.4. The molecule has 0 aliphatic heterocycles. The van der Waals surface area contributed by atoms with Gasteiger partial charge in [0.15, 0.2) is 5.82 Å². The number of hydrogen-bond donors (Lipinski definition) is 0. The average Bonchev–Trinajstić information content (AvgIpc) is 3.75. The summed E-state index contributed by atoms with van der Waals surface area (Å²) in [6, 6.07) is 56.7. The van der Waals surface area contributed by atoms with Crippen LogP contribution in [-0.2, 0) is 5.41 Å². The van der Waals surface area contributed by atoms with Crippen LogP contribution in [0.2, 0.25) is 0 Å². The Morgan fingerprint density at radius 2 is 1.12 bits per heavy atom. The standard InChI is InChI=1S/C48H35N3S/c1-48(2,3)33-26-24-31(25-27-33)40-29-39(30-14-5-4-6-15-30)49-47(50-40)32-16-13-17-34(28-32)51-41-22-11-9-20-37(41)43-35-18-7-8-19-36(35)46-44(45(43)51)38-21-10-12-23-42(38)52-46/h4-29H,1-3H3. The third kappa shape index (κ3) is 4.86. The minimum absolute atomic E-state index is 0.0744. The molecule has 0 saturated heterocycles. The predicted molar refractivity (Wildman–Crippen MR) is 222 cm³/mol. The van der Waals surface area contributed by atoms with Gasteiger partial charge in [-0.15, -0.1) is 11.3 Å². The second kappa shape index (κ2) is 11.7. The Balaban J connectivity index is 1.24. The summed E-state index contributed by atoms with van der Waals surface area (Å²) in [5, 5.41) is 7.72. The van der Waals surface area contributed by atoms with E-state index in [2.05, 4.69) is 177 Å². The molecule has 10 rings (SSSR count). The number of fused-ring (bicyclic) bond motifs is 10. The zero-order valence-corrected chi connectivity index (χ0v) is 30.1. The van der Waals surface area contributed by atoms with Gasteiger partial charge in [-0.1, -0.05) is 148 Å². The highest BCUT2D eigenvalue weighted by atomic mass is 32.1. The minimum atomic E-state index is 0.0744. The molecule has 0 amide bonds. The van der Waals surface area contributed by atoms with E-state index < -0.39 is 0 Å². The first-order chi connectivity index (χ1) is 25.4. The molecule has 0 saturated carbocycles. The molecule has 10 aromatic rings. The van der Waals surface area contributed by atoms with Crippen LogP contribution in [0, 0.1) is 0 Å². The summed E-state index contributed by atoms with van der Waals surface area (Å²) in [5.74, 6) is 0.704. The molecule has 7 aromatic carbocycles. The maximum atomic E-state index is 5.24. The molecule has 0 aliphatic rings. The van der Waals surface area contributed by atoms with Crippen LogP contribution in [-0.4, -0.2) is 14.5 Å². The summed E-state index contributed by atoms with van der Waals surface area (Å²) in [4.78, 5) is 10.5. The minimum Gasteiger partial charge on any atom is -0.309 e. The summed E-state index contributed by atoms with van der Waals surface area (Å²) in [6.45, 7) is 6.74. The van der Waals surface area contributed by atoms with E-state index in [0.29, 0.717) is 5.82 Å². The molecule has 52 heavy (non-hydrogen) atoms. The van der Waals surface area contributed by atoms with Gasteiger partial charge in [0.25, 0.3) is 0 Å². The van der Waals surface area contributed by atoms with E-state index in [1.807, 2.05) is 17.4 Å². The number of para-hydroxylation sites is 1. The van der Waals surface area contributed by atoms with E-state index in [1.165, 1.54) is 58.3 Å². The first kappa shape index (κ1) is 30.7. The van der Waals surface area contributed by atoms with E-state index >= 15 is 0 Å². The van der Waals surface area contributed by atoms with Crippen LogP contribution in [0.1, 0.15) is 26.3 Å².